The molecule has 2 bridgehead atoms. The fourth-order valence-electron chi connectivity index (χ4n) is 4.55. The highest BCUT2D eigenvalue weighted by Gasteiger charge is 2.46. The van der Waals surface area contributed by atoms with Crippen molar-refractivity contribution in [3.63, 3.8) is 0 Å². The van der Waals surface area contributed by atoms with E-state index in [0.717, 1.165) is 34.1 Å². The molecule has 1 N–H and O–H groups in total. The zero-order chi connectivity index (χ0) is 19.7. The summed E-state index contributed by atoms with van der Waals surface area (Å²) in [4.78, 5) is 20.0. The maximum atomic E-state index is 11.9. The first-order valence-corrected chi connectivity index (χ1v) is 10.4. The van der Waals surface area contributed by atoms with Gasteiger partial charge in [0.2, 0.25) is 5.56 Å². The minimum atomic E-state index is -0.430. The molecule has 0 amide bonds. The number of hydrogen-bond acceptors (Lipinski definition) is 2. The summed E-state index contributed by atoms with van der Waals surface area (Å²) in [6.45, 7) is 4.27. The summed E-state index contributed by atoms with van der Waals surface area (Å²) >= 11 is 3.46. The molecule has 0 fully saturated rings. The van der Waals surface area contributed by atoms with Crippen molar-refractivity contribution >= 4 is 28.2 Å². The van der Waals surface area contributed by atoms with E-state index in [1.807, 2.05) is 30.5 Å². The van der Waals surface area contributed by atoms with Crippen molar-refractivity contribution in [2.45, 2.75) is 32.2 Å². The van der Waals surface area contributed by atoms with Crippen molar-refractivity contribution < 1.29 is 0 Å². The van der Waals surface area contributed by atoms with Crippen molar-refractivity contribution in [2.24, 2.45) is 10.9 Å². The Hall–Kier alpha value is -2.46. The van der Waals surface area contributed by atoms with Crippen LogP contribution >= 0.6 is 15.9 Å². The molecular formula is C24H23BrN2O. The third kappa shape index (κ3) is 3.37. The largest absolute Gasteiger partial charge is 0.326 e. The Bertz CT molecular complexity index is 1070. The molecular weight excluding hydrogens is 412 g/mol. The van der Waals surface area contributed by atoms with Gasteiger partial charge in [-0.15, -0.1) is 0 Å². The van der Waals surface area contributed by atoms with Gasteiger partial charge in [0.05, 0.1) is 0 Å². The molecule has 0 spiro atoms. The van der Waals surface area contributed by atoms with Gasteiger partial charge in [-0.1, -0.05) is 51.9 Å². The summed E-state index contributed by atoms with van der Waals surface area (Å²) in [6.07, 6.45) is 12.2. The number of benzene rings is 1. The number of allylic oxidation sites excluding steroid dienone is 3. The normalized spacial score (nSPS) is 25.3. The maximum absolute atomic E-state index is 11.9. The fourth-order valence-corrected chi connectivity index (χ4v) is 4.81. The number of aliphatic imine (C=N–C) groups is 1. The maximum Gasteiger partial charge on any atom is 0.248 e. The van der Waals surface area contributed by atoms with Crippen LogP contribution in [0.15, 0.2) is 80.0 Å². The molecule has 142 valence electrons. The van der Waals surface area contributed by atoms with Crippen LogP contribution in [0, 0.1) is 5.92 Å². The van der Waals surface area contributed by atoms with Crippen LogP contribution in [0.1, 0.15) is 37.1 Å². The molecule has 2 aromatic rings. The Morgan fingerprint density at radius 3 is 2.75 bits per heavy atom. The molecule has 1 heterocycles. The number of nitrogens with one attached hydrogen (secondary N) is 1. The second-order valence-electron chi connectivity index (χ2n) is 7.51. The van der Waals surface area contributed by atoms with Gasteiger partial charge < -0.3 is 4.98 Å². The summed E-state index contributed by atoms with van der Waals surface area (Å²) in [5.74, 6) is 0.289. The highest BCUT2D eigenvalue weighted by Crippen LogP contribution is 2.51. The van der Waals surface area contributed by atoms with Crippen LogP contribution in [-0.4, -0.2) is 11.2 Å². The molecule has 2 aliphatic carbocycles. The Morgan fingerprint density at radius 1 is 1.21 bits per heavy atom. The number of nitrogens with zero attached hydrogens (tertiary/aromatic N) is 1. The summed E-state index contributed by atoms with van der Waals surface area (Å²) in [7, 11) is 0. The first-order chi connectivity index (χ1) is 13.5. The van der Waals surface area contributed by atoms with Crippen molar-refractivity contribution in [1.29, 1.82) is 0 Å². The third-order valence-electron chi connectivity index (χ3n) is 5.62. The second kappa shape index (κ2) is 7.51. The predicted octanol–water partition coefficient (Wildman–Crippen LogP) is 5.59. The van der Waals surface area contributed by atoms with E-state index in [4.69, 9.17) is 4.99 Å². The lowest BCUT2D eigenvalue weighted by Gasteiger charge is -2.45. The number of H-pyrrole nitrogens is 1. The minimum absolute atomic E-state index is 0.0456. The number of hydrogen-bond donors (Lipinski definition) is 1. The van der Waals surface area contributed by atoms with E-state index in [2.05, 4.69) is 65.1 Å². The number of aromatic nitrogens is 1. The van der Waals surface area contributed by atoms with Gasteiger partial charge in [0, 0.05) is 40.3 Å². The summed E-state index contributed by atoms with van der Waals surface area (Å²) in [5, 5.41) is 0. The standard InChI is InChI=1S/C24H23BrN2O/c1-3-20-18-13-16(2)15-24(20,21-10-11-23(28)27-22(21)14-18)26-12-4-5-17-6-8-19(25)9-7-17/h3-13,18H,14-15H2,1-2H3,(H,27,28)/b5-4?,20-3+,26-12?/t18-,24+/m0/s1. The Labute approximate surface area is 173 Å². The van der Waals surface area contributed by atoms with Gasteiger partial charge in [-0.05, 0) is 55.7 Å². The monoisotopic (exact) mass is 434 g/mol. The smallest absolute Gasteiger partial charge is 0.248 e. The number of pyridine rings is 1. The molecule has 28 heavy (non-hydrogen) atoms. The molecule has 0 saturated heterocycles. The molecule has 1 aromatic carbocycles. The lowest BCUT2D eigenvalue weighted by molar-refractivity contribution is 0.413. The molecule has 0 radical (unpaired) electrons. The molecule has 0 saturated carbocycles. The van der Waals surface area contributed by atoms with Crippen LogP contribution in [0.3, 0.4) is 0 Å². The molecule has 4 rings (SSSR count). The topological polar surface area (TPSA) is 45.2 Å². The number of rotatable bonds is 3. The van der Waals surface area contributed by atoms with Crippen LogP contribution in [0.2, 0.25) is 0 Å². The average Bonchev–Trinajstić information content (AvgIpc) is 2.66. The second-order valence-corrected chi connectivity index (χ2v) is 8.42. The van der Waals surface area contributed by atoms with Gasteiger partial charge in [0.15, 0.2) is 0 Å². The van der Waals surface area contributed by atoms with Gasteiger partial charge in [-0.25, -0.2) is 0 Å². The molecule has 0 unspecified atom stereocenters. The van der Waals surface area contributed by atoms with Crippen LogP contribution in [0.25, 0.3) is 6.08 Å². The predicted molar refractivity (Wildman–Crippen MR) is 120 cm³/mol. The number of halogens is 1. The van der Waals surface area contributed by atoms with Crippen LogP contribution in [-0.2, 0) is 12.0 Å². The van der Waals surface area contributed by atoms with E-state index in [0.29, 0.717) is 0 Å². The Morgan fingerprint density at radius 2 is 2.00 bits per heavy atom. The zero-order valence-corrected chi connectivity index (χ0v) is 17.7. The molecule has 2 atom stereocenters. The van der Waals surface area contributed by atoms with E-state index in [9.17, 15) is 4.79 Å². The van der Waals surface area contributed by atoms with Gasteiger partial charge in [-0.3, -0.25) is 9.79 Å². The molecule has 0 aliphatic heterocycles. The van der Waals surface area contributed by atoms with E-state index < -0.39 is 5.54 Å². The van der Waals surface area contributed by atoms with Crippen LogP contribution in [0.5, 0.6) is 0 Å². The summed E-state index contributed by atoms with van der Waals surface area (Å²) in [6, 6.07) is 11.8. The van der Waals surface area contributed by atoms with Crippen molar-refractivity contribution in [3.8, 4) is 0 Å². The van der Waals surface area contributed by atoms with Gasteiger partial charge in [0.25, 0.3) is 0 Å². The zero-order valence-electron chi connectivity index (χ0n) is 16.1. The minimum Gasteiger partial charge on any atom is -0.326 e. The Kier molecular flexibility index (Phi) is 5.07. The Balaban J connectivity index is 1.76. The van der Waals surface area contributed by atoms with Crippen LogP contribution in [0.4, 0.5) is 0 Å². The summed E-state index contributed by atoms with van der Waals surface area (Å²) in [5.41, 5.74) is 5.46. The quantitative estimate of drug-likeness (QED) is 0.496. The van der Waals surface area contributed by atoms with Gasteiger partial charge in [0.1, 0.15) is 5.54 Å². The van der Waals surface area contributed by atoms with Gasteiger partial charge >= 0.3 is 0 Å². The average molecular weight is 435 g/mol. The van der Waals surface area contributed by atoms with Crippen molar-refractivity contribution in [1.82, 2.24) is 4.98 Å². The lowest BCUT2D eigenvalue weighted by atomic mass is 9.63. The molecule has 2 aliphatic rings. The first kappa shape index (κ1) is 18.9. The fraction of sp³-hybridized carbons (Fsp3) is 0.250. The van der Waals surface area contributed by atoms with E-state index in [1.165, 1.54) is 11.1 Å². The van der Waals surface area contributed by atoms with E-state index in [-0.39, 0.29) is 11.5 Å². The van der Waals surface area contributed by atoms with Crippen molar-refractivity contribution in [2.75, 3.05) is 0 Å². The van der Waals surface area contributed by atoms with E-state index >= 15 is 0 Å². The van der Waals surface area contributed by atoms with Crippen molar-refractivity contribution in [3.05, 3.63) is 97.4 Å². The molecule has 3 nitrogen and oxygen atoms in total. The van der Waals surface area contributed by atoms with Crippen LogP contribution < -0.4 is 5.56 Å². The number of fused-ring (bicyclic) bond motifs is 4. The SMILES string of the molecule is C/C=C1\[C@H]2C=C(C)C[C@]1(N=CC=Cc1ccc(Br)cc1)c1ccc(=O)[nH]c1C2. The highest BCUT2D eigenvalue weighted by molar-refractivity contribution is 9.10. The first-order valence-electron chi connectivity index (χ1n) is 9.56. The van der Waals surface area contributed by atoms with Gasteiger partial charge in [-0.2, -0.15) is 0 Å². The third-order valence-corrected chi connectivity index (χ3v) is 6.15. The highest BCUT2D eigenvalue weighted by atomic mass is 79.9. The summed E-state index contributed by atoms with van der Waals surface area (Å²) < 4.78 is 1.07. The molecule has 1 aromatic heterocycles. The van der Waals surface area contributed by atoms with E-state index in [1.54, 1.807) is 6.07 Å². The lowest BCUT2D eigenvalue weighted by Crippen LogP contribution is -2.40. The number of aromatic amines is 1. The molecule has 4 heteroatoms.